The summed E-state index contributed by atoms with van der Waals surface area (Å²) < 4.78 is 2.17. The van der Waals surface area contributed by atoms with Crippen LogP contribution in [0.15, 0.2) is 36.7 Å². The van der Waals surface area contributed by atoms with E-state index < -0.39 is 0 Å². The van der Waals surface area contributed by atoms with Gasteiger partial charge in [-0.1, -0.05) is 18.5 Å². The van der Waals surface area contributed by atoms with E-state index >= 15 is 0 Å². The molecule has 0 aliphatic carbocycles. The van der Waals surface area contributed by atoms with Crippen molar-refractivity contribution in [2.45, 2.75) is 26.4 Å². The molecule has 1 aromatic heterocycles. The van der Waals surface area contributed by atoms with E-state index in [1.54, 1.807) is 18.2 Å². The van der Waals surface area contributed by atoms with E-state index in [4.69, 9.17) is 16.9 Å². The third-order valence-electron chi connectivity index (χ3n) is 2.88. The van der Waals surface area contributed by atoms with Crippen molar-refractivity contribution in [1.29, 1.82) is 5.26 Å². The number of nitriles is 1. The van der Waals surface area contributed by atoms with Crippen molar-refractivity contribution in [2.24, 2.45) is 0 Å². The summed E-state index contributed by atoms with van der Waals surface area (Å²) in [4.78, 5) is 0. The molecular weight excluding hydrogens is 258 g/mol. The second-order valence-corrected chi connectivity index (χ2v) is 4.85. The molecule has 0 fully saturated rings. The number of rotatable bonds is 5. The van der Waals surface area contributed by atoms with E-state index in [-0.39, 0.29) is 0 Å². The van der Waals surface area contributed by atoms with Crippen LogP contribution in [-0.2, 0) is 13.1 Å². The normalized spacial score (nSPS) is 10.2. The third kappa shape index (κ3) is 3.52. The predicted molar refractivity (Wildman–Crippen MR) is 78.2 cm³/mol. The van der Waals surface area contributed by atoms with E-state index in [0.717, 1.165) is 18.7 Å². The highest BCUT2D eigenvalue weighted by atomic mass is 35.5. The summed E-state index contributed by atoms with van der Waals surface area (Å²) in [6, 6.07) is 9.48. The van der Waals surface area contributed by atoms with Crippen molar-refractivity contribution in [3.8, 4) is 6.07 Å². The summed E-state index contributed by atoms with van der Waals surface area (Å²) in [6.07, 6.45) is 5.31. The molecule has 0 unspecified atom stereocenters. The summed E-state index contributed by atoms with van der Waals surface area (Å²) in [7, 11) is 0. The quantitative estimate of drug-likeness (QED) is 0.893. The van der Waals surface area contributed by atoms with Gasteiger partial charge >= 0.3 is 0 Å². The first-order chi connectivity index (χ1) is 9.22. The Hall–Kier alpha value is -1.92. The summed E-state index contributed by atoms with van der Waals surface area (Å²) in [6.45, 7) is 3.87. The molecular formula is C15H16ClN3. The molecule has 0 amide bonds. The SMILES string of the molecule is CCCn1ccc(CNc2cc(Cl)ccc2C#N)c1. The first-order valence-electron chi connectivity index (χ1n) is 6.31. The molecule has 3 nitrogen and oxygen atoms in total. The van der Waals surface area contributed by atoms with E-state index in [1.165, 1.54) is 5.56 Å². The van der Waals surface area contributed by atoms with Crippen LogP contribution in [0.1, 0.15) is 24.5 Å². The van der Waals surface area contributed by atoms with Crippen LogP contribution in [0.2, 0.25) is 5.02 Å². The lowest BCUT2D eigenvalue weighted by Crippen LogP contribution is -2.01. The number of hydrogen-bond acceptors (Lipinski definition) is 2. The van der Waals surface area contributed by atoms with E-state index in [0.29, 0.717) is 17.1 Å². The fourth-order valence-corrected chi connectivity index (χ4v) is 2.12. The molecule has 0 aliphatic heterocycles. The largest absolute Gasteiger partial charge is 0.380 e. The van der Waals surface area contributed by atoms with Crippen LogP contribution < -0.4 is 5.32 Å². The van der Waals surface area contributed by atoms with Gasteiger partial charge in [0, 0.05) is 30.5 Å². The monoisotopic (exact) mass is 273 g/mol. The molecule has 0 bridgehead atoms. The van der Waals surface area contributed by atoms with E-state index in [2.05, 4.69) is 41.3 Å². The summed E-state index contributed by atoms with van der Waals surface area (Å²) in [5.74, 6) is 0. The van der Waals surface area contributed by atoms with Crippen LogP contribution in [0, 0.1) is 11.3 Å². The highest BCUT2D eigenvalue weighted by Crippen LogP contribution is 2.21. The lowest BCUT2D eigenvalue weighted by molar-refractivity contribution is 0.682. The molecule has 98 valence electrons. The Bertz CT molecular complexity index is 596. The van der Waals surface area contributed by atoms with Crippen LogP contribution in [-0.4, -0.2) is 4.57 Å². The molecule has 19 heavy (non-hydrogen) atoms. The summed E-state index contributed by atoms with van der Waals surface area (Å²) in [5.41, 5.74) is 2.58. The number of benzene rings is 1. The lowest BCUT2D eigenvalue weighted by atomic mass is 10.2. The number of aromatic nitrogens is 1. The number of halogens is 1. The molecule has 1 N–H and O–H groups in total. The minimum Gasteiger partial charge on any atom is -0.380 e. The van der Waals surface area contributed by atoms with Gasteiger partial charge in [0.1, 0.15) is 6.07 Å². The highest BCUT2D eigenvalue weighted by Gasteiger charge is 2.03. The molecule has 0 aliphatic rings. The van der Waals surface area contributed by atoms with Gasteiger partial charge in [0.05, 0.1) is 11.3 Å². The van der Waals surface area contributed by atoms with Crippen molar-refractivity contribution in [3.63, 3.8) is 0 Å². The fraction of sp³-hybridized carbons (Fsp3) is 0.267. The highest BCUT2D eigenvalue weighted by molar-refractivity contribution is 6.30. The van der Waals surface area contributed by atoms with Gasteiger partial charge in [-0.2, -0.15) is 5.26 Å². The molecule has 2 aromatic rings. The van der Waals surface area contributed by atoms with Gasteiger partial charge in [-0.15, -0.1) is 0 Å². The zero-order valence-electron chi connectivity index (χ0n) is 10.9. The van der Waals surface area contributed by atoms with Gasteiger partial charge in [-0.3, -0.25) is 0 Å². The van der Waals surface area contributed by atoms with Crippen molar-refractivity contribution >= 4 is 17.3 Å². The van der Waals surface area contributed by atoms with Crippen LogP contribution in [0.25, 0.3) is 0 Å². The molecule has 0 atom stereocenters. The average Bonchev–Trinajstić information content (AvgIpc) is 2.85. The minimum atomic E-state index is 0.609. The number of nitrogens with zero attached hydrogens (tertiary/aromatic N) is 2. The Morgan fingerprint density at radius 3 is 2.95 bits per heavy atom. The molecule has 0 radical (unpaired) electrons. The zero-order valence-corrected chi connectivity index (χ0v) is 11.6. The topological polar surface area (TPSA) is 40.8 Å². The Morgan fingerprint density at radius 2 is 2.21 bits per heavy atom. The van der Waals surface area contributed by atoms with Crippen molar-refractivity contribution < 1.29 is 0 Å². The zero-order chi connectivity index (χ0) is 13.7. The predicted octanol–water partition coefficient (Wildman–Crippen LogP) is 4.04. The van der Waals surface area contributed by atoms with Crippen LogP contribution in [0.3, 0.4) is 0 Å². The second kappa shape index (κ2) is 6.31. The molecule has 2 rings (SSSR count). The maximum Gasteiger partial charge on any atom is 0.101 e. The molecule has 0 spiro atoms. The standard InChI is InChI=1S/C15H16ClN3/c1-2-6-19-7-5-12(11-19)10-18-15-8-14(16)4-3-13(15)9-17/h3-5,7-8,11,18H,2,6,10H2,1H3. The van der Waals surface area contributed by atoms with E-state index in [9.17, 15) is 0 Å². The Labute approximate surface area is 118 Å². The van der Waals surface area contributed by atoms with Gasteiger partial charge in [-0.05, 0) is 36.2 Å². The molecule has 0 saturated heterocycles. The molecule has 1 heterocycles. The molecule has 4 heteroatoms. The molecule has 0 saturated carbocycles. The number of nitrogens with one attached hydrogen (secondary N) is 1. The summed E-state index contributed by atoms with van der Waals surface area (Å²) in [5, 5.41) is 12.9. The minimum absolute atomic E-state index is 0.609. The smallest absolute Gasteiger partial charge is 0.101 e. The van der Waals surface area contributed by atoms with E-state index in [1.807, 2.05) is 0 Å². The number of aryl methyl sites for hydroxylation is 1. The van der Waals surface area contributed by atoms with Crippen LogP contribution in [0.5, 0.6) is 0 Å². The van der Waals surface area contributed by atoms with Crippen molar-refractivity contribution in [1.82, 2.24) is 4.57 Å². The fourth-order valence-electron chi connectivity index (χ4n) is 1.95. The Kier molecular flexibility index (Phi) is 4.48. The first-order valence-corrected chi connectivity index (χ1v) is 6.69. The molecule has 1 aromatic carbocycles. The second-order valence-electron chi connectivity index (χ2n) is 4.41. The van der Waals surface area contributed by atoms with Gasteiger partial charge in [-0.25, -0.2) is 0 Å². The summed E-state index contributed by atoms with van der Waals surface area (Å²) >= 11 is 5.95. The maximum atomic E-state index is 9.04. The van der Waals surface area contributed by atoms with Gasteiger partial charge in [0.2, 0.25) is 0 Å². The number of hydrogen-bond donors (Lipinski definition) is 1. The lowest BCUT2D eigenvalue weighted by Gasteiger charge is -2.07. The third-order valence-corrected chi connectivity index (χ3v) is 3.11. The van der Waals surface area contributed by atoms with Gasteiger partial charge < -0.3 is 9.88 Å². The first kappa shape index (κ1) is 13.5. The van der Waals surface area contributed by atoms with Crippen LogP contribution in [0.4, 0.5) is 5.69 Å². The Balaban J connectivity index is 2.05. The van der Waals surface area contributed by atoms with Gasteiger partial charge in [0.25, 0.3) is 0 Å². The van der Waals surface area contributed by atoms with Crippen molar-refractivity contribution in [3.05, 3.63) is 52.8 Å². The number of anilines is 1. The average molecular weight is 274 g/mol. The van der Waals surface area contributed by atoms with Crippen LogP contribution >= 0.6 is 11.6 Å². The van der Waals surface area contributed by atoms with Crippen molar-refractivity contribution in [2.75, 3.05) is 5.32 Å². The van der Waals surface area contributed by atoms with Gasteiger partial charge in [0.15, 0.2) is 0 Å². The maximum absolute atomic E-state index is 9.04. The Morgan fingerprint density at radius 1 is 1.37 bits per heavy atom.